The average molecular weight is 300 g/mol. The maximum absolute atomic E-state index is 9.73. The Hall–Kier alpha value is -2.05. The number of rotatable bonds is 5. The van der Waals surface area contributed by atoms with Gasteiger partial charge in [0.25, 0.3) is 0 Å². The number of aliphatic hydroxyl groups is 1. The molecule has 5 nitrogen and oxygen atoms in total. The average Bonchev–Trinajstić information content (AvgIpc) is 3.17. The zero-order chi connectivity index (χ0) is 14.7. The van der Waals surface area contributed by atoms with Gasteiger partial charge >= 0.3 is 0 Å². The summed E-state index contributed by atoms with van der Waals surface area (Å²) in [6.45, 7) is 2.48. The van der Waals surface area contributed by atoms with Crippen molar-refractivity contribution in [1.82, 2.24) is 20.0 Å². The Bertz CT molecular complexity index is 707. The maximum Gasteiger partial charge on any atom is 0.123 e. The fraction of sp³-hybridized carbons (Fsp3) is 0.267. The van der Waals surface area contributed by atoms with E-state index in [1.807, 2.05) is 42.6 Å². The summed E-state index contributed by atoms with van der Waals surface area (Å²) in [6.07, 6.45) is 1.86. The summed E-state index contributed by atoms with van der Waals surface area (Å²) in [5.74, 6) is 0. The van der Waals surface area contributed by atoms with E-state index >= 15 is 0 Å². The van der Waals surface area contributed by atoms with Gasteiger partial charge in [0, 0.05) is 10.9 Å². The van der Waals surface area contributed by atoms with Crippen LogP contribution in [0.5, 0.6) is 0 Å². The molecule has 2 heterocycles. The summed E-state index contributed by atoms with van der Waals surface area (Å²) >= 11 is 1.62. The van der Waals surface area contributed by atoms with Crippen LogP contribution in [-0.4, -0.2) is 25.1 Å². The van der Waals surface area contributed by atoms with Crippen LogP contribution < -0.4 is 0 Å². The van der Waals surface area contributed by atoms with Crippen LogP contribution in [-0.2, 0) is 6.54 Å². The third-order valence-corrected chi connectivity index (χ3v) is 4.12. The van der Waals surface area contributed by atoms with Gasteiger partial charge in [0.1, 0.15) is 10.7 Å². The first-order valence-electron chi connectivity index (χ1n) is 6.84. The number of nitrogens with zero attached hydrogens (tertiary/aromatic N) is 4. The molecule has 0 saturated carbocycles. The van der Waals surface area contributed by atoms with E-state index in [4.69, 9.17) is 0 Å². The third kappa shape index (κ3) is 3.17. The second-order valence-corrected chi connectivity index (χ2v) is 5.63. The van der Waals surface area contributed by atoms with E-state index in [1.165, 1.54) is 0 Å². The van der Waals surface area contributed by atoms with Gasteiger partial charge in [-0.05, 0) is 6.42 Å². The number of benzene rings is 1. The van der Waals surface area contributed by atoms with E-state index in [0.717, 1.165) is 16.3 Å². The number of aromatic nitrogens is 4. The predicted octanol–water partition coefficient (Wildman–Crippen LogP) is 2.89. The topological polar surface area (TPSA) is 63.8 Å². The third-order valence-electron chi connectivity index (χ3n) is 3.18. The highest BCUT2D eigenvalue weighted by Gasteiger charge is 2.11. The highest BCUT2D eigenvalue weighted by atomic mass is 32.1. The standard InChI is InChI=1S/C15H16N4OS/c1-2-14(20)13-9-19(18-17-13)8-12-10-21-15(16-12)11-6-4-3-5-7-11/h3-7,9-10,14,20H,2,8H2,1H3. The minimum Gasteiger partial charge on any atom is -0.387 e. The summed E-state index contributed by atoms with van der Waals surface area (Å²) in [7, 11) is 0. The van der Waals surface area contributed by atoms with Crippen LogP contribution >= 0.6 is 11.3 Å². The van der Waals surface area contributed by atoms with Gasteiger partial charge in [-0.1, -0.05) is 42.5 Å². The van der Waals surface area contributed by atoms with E-state index in [9.17, 15) is 5.11 Å². The van der Waals surface area contributed by atoms with Crippen LogP contribution in [0.15, 0.2) is 41.9 Å². The van der Waals surface area contributed by atoms with E-state index in [-0.39, 0.29) is 0 Å². The Labute approximate surface area is 126 Å². The van der Waals surface area contributed by atoms with Crippen molar-refractivity contribution in [3.05, 3.63) is 53.3 Å². The number of hydrogen-bond donors (Lipinski definition) is 1. The smallest absolute Gasteiger partial charge is 0.123 e. The van der Waals surface area contributed by atoms with Crippen LogP contribution in [0.3, 0.4) is 0 Å². The van der Waals surface area contributed by atoms with Crippen LogP contribution in [0.25, 0.3) is 10.6 Å². The lowest BCUT2D eigenvalue weighted by Gasteiger charge is -2.00. The van der Waals surface area contributed by atoms with Crippen molar-refractivity contribution in [2.24, 2.45) is 0 Å². The predicted molar refractivity (Wildman–Crippen MR) is 81.9 cm³/mol. The van der Waals surface area contributed by atoms with Crippen molar-refractivity contribution >= 4 is 11.3 Å². The molecular weight excluding hydrogens is 284 g/mol. The molecule has 0 aliphatic carbocycles. The van der Waals surface area contributed by atoms with Crippen LogP contribution in [0, 0.1) is 0 Å². The number of hydrogen-bond acceptors (Lipinski definition) is 5. The van der Waals surface area contributed by atoms with Crippen molar-refractivity contribution in [3.63, 3.8) is 0 Å². The monoisotopic (exact) mass is 300 g/mol. The van der Waals surface area contributed by atoms with Crippen molar-refractivity contribution in [2.75, 3.05) is 0 Å². The molecule has 1 unspecified atom stereocenters. The van der Waals surface area contributed by atoms with Crippen LogP contribution in [0.4, 0.5) is 0 Å². The molecule has 0 aliphatic rings. The van der Waals surface area contributed by atoms with Gasteiger partial charge in [-0.3, -0.25) is 0 Å². The first-order chi connectivity index (χ1) is 10.3. The molecule has 1 N–H and O–H groups in total. The zero-order valence-electron chi connectivity index (χ0n) is 11.7. The van der Waals surface area contributed by atoms with Crippen LogP contribution in [0.1, 0.15) is 30.8 Å². The summed E-state index contributed by atoms with van der Waals surface area (Å²) in [6, 6.07) is 10.1. The number of aliphatic hydroxyl groups excluding tert-OH is 1. The Balaban J connectivity index is 1.74. The molecular formula is C15H16N4OS. The fourth-order valence-corrected chi connectivity index (χ4v) is 2.83. The first-order valence-corrected chi connectivity index (χ1v) is 7.72. The van der Waals surface area contributed by atoms with Gasteiger partial charge in [-0.25, -0.2) is 9.67 Å². The lowest BCUT2D eigenvalue weighted by Crippen LogP contribution is -2.00. The van der Waals surface area contributed by atoms with Gasteiger partial charge in [0.05, 0.1) is 24.5 Å². The summed E-state index contributed by atoms with van der Waals surface area (Å²) < 4.78 is 1.71. The highest BCUT2D eigenvalue weighted by molar-refractivity contribution is 7.13. The molecule has 0 amide bonds. The molecule has 6 heteroatoms. The molecule has 21 heavy (non-hydrogen) atoms. The first kappa shape index (κ1) is 13.9. The van der Waals surface area contributed by atoms with Crippen molar-refractivity contribution < 1.29 is 5.11 Å². The second kappa shape index (κ2) is 6.15. The maximum atomic E-state index is 9.73. The molecule has 0 saturated heterocycles. The SMILES string of the molecule is CCC(O)c1cn(Cc2csc(-c3ccccc3)n2)nn1. The molecule has 108 valence electrons. The molecule has 0 radical (unpaired) electrons. The van der Waals surface area contributed by atoms with Crippen molar-refractivity contribution in [1.29, 1.82) is 0 Å². The Kier molecular flexibility index (Phi) is 4.08. The molecule has 0 bridgehead atoms. The molecule has 0 aliphatic heterocycles. The molecule has 3 rings (SSSR count). The lowest BCUT2D eigenvalue weighted by atomic mass is 10.2. The van der Waals surface area contributed by atoms with E-state index in [1.54, 1.807) is 22.2 Å². The van der Waals surface area contributed by atoms with Gasteiger partial charge < -0.3 is 5.11 Å². The van der Waals surface area contributed by atoms with Crippen molar-refractivity contribution in [2.45, 2.75) is 26.0 Å². The molecule has 1 atom stereocenters. The second-order valence-electron chi connectivity index (χ2n) is 4.78. The van der Waals surface area contributed by atoms with Crippen molar-refractivity contribution in [3.8, 4) is 10.6 Å². The summed E-state index contributed by atoms with van der Waals surface area (Å²) in [5, 5.41) is 20.8. The Morgan fingerprint density at radius 1 is 1.29 bits per heavy atom. The normalized spacial score (nSPS) is 12.5. The fourth-order valence-electron chi connectivity index (χ4n) is 2.01. The number of thiazole rings is 1. The lowest BCUT2D eigenvalue weighted by molar-refractivity contribution is 0.168. The molecule has 0 fully saturated rings. The minimum absolute atomic E-state index is 0.547. The summed E-state index contributed by atoms with van der Waals surface area (Å²) in [4.78, 5) is 4.62. The largest absolute Gasteiger partial charge is 0.387 e. The van der Waals surface area contributed by atoms with E-state index in [2.05, 4.69) is 15.3 Å². The van der Waals surface area contributed by atoms with E-state index in [0.29, 0.717) is 18.7 Å². The molecule has 0 spiro atoms. The molecule has 2 aromatic heterocycles. The molecule has 1 aromatic carbocycles. The van der Waals surface area contributed by atoms with Gasteiger partial charge in [-0.2, -0.15) is 0 Å². The molecule has 3 aromatic rings. The quantitative estimate of drug-likeness (QED) is 0.787. The summed E-state index contributed by atoms with van der Waals surface area (Å²) in [5.41, 5.74) is 2.67. The zero-order valence-corrected chi connectivity index (χ0v) is 12.5. The van der Waals surface area contributed by atoms with Gasteiger partial charge in [-0.15, -0.1) is 16.4 Å². The minimum atomic E-state index is -0.547. The Morgan fingerprint density at radius 2 is 2.10 bits per heavy atom. The van der Waals surface area contributed by atoms with E-state index < -0.39 is 6.10 Å². The highest BCUT2D eigenvalue weighted by Crippen LogP contribution is 2.23. The van der Waals surface area contributed by atoms with Gasteiger partial charge in [0.2, 0.25) is 0 Å². The van der Waals surface area contributed by atoms with Gasteiger partial charge in [0.15, 0.2) is 0 Å². The Morgan fingerprint density at radius 3 is 2.86 bits per heavy atom. The van der Waals surface area contributed by atoms with Crippen LogP contribution in [0.2, 0.25) is 0 Å².